The van der Waals surface area contributed by atoms with Crippen molar-refractivity contribution < 1.29 is 0 Å². The van der Waals surface area contributed by atoms with Crippen molar-refractivity contribution in [3.8, 4) is 0 Å². The molecular weight excluding hydrogens is 254 g/mol. The second kappa shape index (κ2) is 5.16. The van der Waals surface area contributed by atoms with Gasteiger partial charge in [0.05, 0.1) is 0 Å². The summed E-state index contributed by atoms with van der Waals surface area (Å²) in [6.45, 7) is 2.89. The number of aromatic nitrogens is 4. The number of nitrogens with one attached hydrogen (secondary N) is 2. The van der Waals surface area contributed by atoms with E-state index in [0.717, 1.165) is 13.0 Å². The van der Waals surface area contributed by atoms with Crippen LogP contribution in [0.15, 0.2) is 41.5 Å². The van der Waals surface area contributed by atoms with Gasteiger partial charge in [-0.05, 0) is 24.5 Å². The maximum atomic E-state index is 11.3. The Morgan fingerprint density at radius 1 is 1.35 bits per heavy atom. The molecule has 2 heterocycles. The van der Waals surface area contributed by atoms with Gasteiger partial charge in [-0.2, -0.15) is 5.10 Å². The first-order chi connectivity index (χ1) is 9.74. The summed E-state index contributed by atoms with van der Waals surface area (Å²) in [4.78, 5) is 15.5. The Hall–Kier alpha value is -2.63. The Bertz CT molecular complexity index is 789. The molecule has 3 rings (SSSR count). The van der Waals surface area contributed by atoms with Gasteiger partial charge in [-0.25, -0.2) is 19.3 Å². The molecule has 6 heteroatoms. The first kappa shape index (κ1) is 12.4. The number of H-pyrrole nitrogens is 1. The summed E-state index contributed by atoms with van der Waals surface area (Å²) in [6, 6.07) is 10.1. The Kier molecular flexibility index (Phi) is 3.20. The number of fused-ring (bicyclic) bond motifs is 1. The molecule has 0 aliphatic heterocycles. The van der Waals surface area contributed by atoms with Crippen LogP contribution in [0.25, 0.3) is 5.65 Å². The summed E-state index contributed by atoms with van der Waals surface area (Å²) in [5, 5.41) is 9.53. The molecule has 0 saturated heterocycles. The minimum atomic E-state index is -0.279. The summed E-state index contributed by atoms with van der Waals surface area (Å²) >= 11 is 0. The molecule has 2 aromatic heterocycles. The number of aromatic amines is 1. The van der Waals surface area contributed by atoms with Gasteiger partial charge in [0, 0.05) is 12.6 Å². The molecule has 0 bridgehead atoms. The van der Waals surface area contributed by atoms with E-state index in [4.69, 9.17) is 0 Å². The van der Waals surface area contributed by atoms with Crippen molar-refractivity contribution >= 4 is 11.5 Å². The Morgan fingerprint density at radius 2 is 2.20 bits per heavy atom. The molecule has 0 unspecified atom stereocenters. The van der Waals surface area contributed by atoms with Gasteiger partial charge in [-0.3, -0.25) is 0 Å². The van der Waals surface area contributed by atoms with Gasteiger partial charge in [0.1, 0.15) is 12.1 Å². The van der Waals surface area contributed by atoms with Gasteiger partial charge in [0.25, 0.3) is 0 Å². The summed E-state index contributed by atoms with van der Waals surface area (Å²) in [7, 11) is 0. The minimum absolute atomic E-state index is 0.279. The average Bonchev–Trinajstić information content (AvgIpc) is 2.82. The van der Waals surface area contributed by atoms with Crippen molar-refractivity contribution in [2.75, 3.05) is 11.9 Å². The highest BCUT2D eigenvalue weighted by molar-refractivity contribution is 5.48. The van der Waals surface area contributed by atoms with Crippen LogP contribution in [0, 0.1) is 6.92 Å². The van der Waals surface area contributed by atoms with Crippen LogP contribution < -0.4 is 11.0 Å². The predicted molar refractivity (Wildman–Crippen MR) is 77.0 cm³/mol. The van der Waals surface area contributed by atoms with E-state index in [1.165, 1.54) is 21.9 Å². The van der Waals surface area contributed by atoms with E-state index in [1.807, 2.05) is 12.1 Å². The third-order valence-corrected chi connectivity index (χ3v) is 3.27. The first-order valence-corrected chi connectivity index (χ1v) is 6.45. The molecule has 6 nitrogen and oxygen atoms in total. The Balaban J connectivity index is 1.68. The van der Waals surface area contributed by atoms with Crippen molar-refractivity contribution in [1.82, 2.24) is 19.6 Å². The maximum Gasteiger partial charge on any atom is 0.348 e. The molecular formula is C14H15N5O. The molecule has 0 atom stereocenters. The molecule has 0 saturated carbocycles. The normalized spacial score (nSPS) is 10.8. The highest BCUT2D eigenvalue weighted by Gasteiger charge is 2.02. The smallest absolute Gasteiger partial charge is 0.348 e. The van der Waals surface area contributed by atoms with Crippen LogP contribution in [-0.4, -0.2) is 26.1 Å². The van der Waals surface area contributed by atoms with Crippen LogP contribution in [0.1, 0.15) is 11.1 Å². The molecule has 102 valence electrons. The van der Waals surface area contributed by atoms with E-state index in [1.54, 1.807) is 6.07 Å². The second-order valence-electron chi connectivity index (χ2n) is 4.63. The topological polar surface area (TPSA) is 75.1 Å². The number of rotatable bonds is 4. The van der Waals surface area contributed by atoms with Crippen molar-refractivity contribution in [3.63, 3.8) is 0 Å². The number of hydrogen-bond acceptors (Lipinski definition) is 4. The van der Waals surface area contributed by atoms with E-state index in [-0.39, 0.29) is 5.69 Å². The fourth-order valence-corrected chi connectivity index (χ4v) is 2.12. The van der Waals surface area contributed by atoms with E-state index >= 15 is 0 Å². The van der Waals surface area contributed by atoms with E-state index < -0.39 is 0 Å². The summed E-state index contributed by atoms with van der Waals surface area (Å²) in [5.41, 5.74) is 2.89. The lowest BCUT2D eigenvalue weighted by molar-refractivity contribution is 0.970. The fourth-order valence-electron chi connectivity index (χ4n) is 2.12. The van der Waals surface area contributed by atoms with Crippen molar-refractivity contribution in [3.05, 3.63) is 58.3 Å². The van der Waals surface area contributed by atoms with Gasteiger partial charge in [-0.15, -0.1) is 0 Å². The number of hydrogen-bond donors (Lipinski definition) is 2. The van der Waals surface area contributed by atoms with Crippen LogP contribution in [-0.2, 0) is 6.42 Å². The van der Waals surface area contributed by atoms with Crippen LogP contribution >= 0.6 is 0 Å². The zero-order chi connectivity index (χ0) is 13.9. The van der Waals surface area contributed by atoms with Gasteiger partial charge in [0.2, 0.25) is 0 Å². The second-order valence-corrected chi connectivity index (χ2v) is 4.63. The summed E-state index contributed by atoms with van der Waals surface area (Å²) in [5.74, 6) is 0.713. The zero-order valence-electron chi connectivity index (χ0n) is 11.1. The summed E-state index contributed by atoms with van der Waals surface area (Å²) < 4.78 is 1.37. The Morgan fingerprint density at radius 3 is 3.05 bits per heavy atom. The number of anilines is 1. The molecule has 1 aromatic carbocycles. The van der Waals surface area contributed by atoms with Crippen LogP contribution in [0.3, 0.4) is 0 Å². The van der Waals surface area contributed by atoms with E-state index in [0.29, 0.717) is 11.5 Å². The molecule has 0 spiro atoms. The molecule has 2 N–H and O–H groups in total. The predicted octanol–water partition coefficient (Wildman–Crippen LogP) is 1.38. The van der Waals surface area contributed by atoms with Crippen molar-refractivity contribution in [1.29, 1.82) is 0 Å². The minimum Gasteiger partial charge on any atom is -0.370 e. The molecule has 0 fully saturated rings. The Labute approximate surface area is 115 Å². The van der Waals surface area contributed by atoms with Crippen molar-refractivity contribution in [2.24, 2.45) is 0 Å². The van der Waals surface area contributed by atoms with Gasteiger partial charge in [-0.1, -0.05) is 24.3 Å². The standard InChI is InChI=1S/C14H15N5O/c1-10-4-2-3-5-11(10)6-7-15-12-8-13-17-18-14(20)19(13)9-16-12/h2-5,8-9,15H,6-7H2,1H3,(H,18,20). The zero-order valence-corrected chi connectivity index (χ0v) is 11.1. The van der Waals surface area contributed by atoms with Crippen LogP contribution in [0.5, 0.6) is 0 Å². The van der Waals surface area contributed by atoms with Gasteiger partial charge in [0.15, 0.2) is 5.65 Å². The van der Waals surface area contributed by atoms with Gasteiger partial charge < -0.3 is 5.32 Å². The summed E-state index contributed by atoms with van der Waals surface area (Å²) in [6.07, 6.45) is 2.39. The monoisotopic (exact) mass is 269 g/mol. The quantitative estimate of drug-likeness (QED) is 0.750. The number of benzene rings is 1. The number of aryl methyl sites for hydroxylation is 1. The van der Waals surface area contributed by atoms with Gasteiger partial charge >= 0.3 is 5.69 Å². The highest BCUT2D eigenvalue weighted by Crippen LogP contribution is 2.09. The lowest BCUT2D eigenvalue weighted by atomic mass is 10.1. The third kappa shape index (κ3) is 2.40. The molecule has 0 amide bonds. The fraction of sp³-hybridized carbons (Fsp3) is 0.214. The molecule has 0 aliphatic rings. The molecule has 20 heavy (non-hydrogen) atoms. The SMILES string of the molecule is Cc1ccccc1CCNc1cc2n[nH]c(=O)n2cn1. The largest absolute Gasteiger partial charge is 0.370 e. The van der Waals surface area contributed by atoms with Crippen LogP contribution in [0.2, 0.25) is 0 Å². The third-order valence-electron chi connectivity index (χ3n) is 3.27. The highest BCUT2D eigenvalue weighted by atomic mass is 16.1. The molecule has 0 radical (unpaired) electrons. The lowest BCUT2D eigenvalue weighted by Crippen LogP contribution is -2.11. The number of nitrogens with zero attached hydrogens (tertiary/aromatic N) is 3. The molecule has 0 aliphatic carbocycles. The van der Waals surface area contributed by atoms with E-state index in [2.05, 4.69) is 39.6 Å². The maximum absolute atomic E-state index is 11.3. The first-order valence-electron chi connectivity index (χ1n) is 6.45. The average molecular weight is 269 g/mol. The molecule has 3 aromatic rings. The van der Waals surface area contributed by atoms with Crippen LogP contribution in [0.4, 0.5) is 5.82 Å². The van der Waals surface area contributed by atoms with Crippen molar-refractivity contribution in [2.45, 2.75) is 13.3 Å². The van der Waals surface area contributed by atoms with E-state index in [9.17, 15) is 4.79 Å². The lowest BCUT2D eigenvalue weighted by Gasteiger charge is -2.07.